The summed E-state index contributed by atoms with van der Waals surface area (Å²) in [5.41, 5.74) is 0.279. The standard InChI is InChI=1S/C11H15NO4/c1-3-15-11(13)10-5-4-9(8-12-10)16-7-6-14-2/h4-5,8H,3,6-7H2,1-2H3. The fourth-order valence-corrected chi connectivity index (χ4v) is 1.03. The highest BCUT2D eigenvalue weighted by Crippen LogP contribution is 2.09. The molecule has 0 bridgehead atoms. The highest BCUT2D eigenvalue weighted by molar-refractivity contribution is 5.87. The molecule has 5 heteroatoms. The van der Waals surface area contributed by atoms with Gasteiger partial charge in [-0.05, 0) is 19.1 Å². The van der Waals surface area contributed by atoms with Crippen LogP contribution in [0.5, 0.6) is 5.75 Å². The monoisotopic (exact) mass is 225 g/mol. The highest BCUT2D eigenvalue weighted by atomic mass is 16.5. The predicted molar refractivity (Wildman–Crippen MR) is 57.6 cm³/mol. The number of hydrogen-bond donors (Lipinski definition) is 0. The van der Waals surface area contributed by atoms with Gasteiger partial charge >= 0.3 is 5.97 Å². The molecule has 0 spiro atoms. The van der Waals surface area contributed by atoms with Gasteiger partial charge in [-0.25, -0.2) is 9.78 Å². The van der Waals surface area contributed by atoms with E-state index in [0.717, 1.165) is 0 Å². The zero-order valence-electron chi connectivity index (χ0n) is 9.43. The Kier molecular flexibility index (Phi) is 5.28. The van der Waals surface area contributed by atoms with E-state index in [0.29, 0.717) is 25.6 Å². The summed E-state index contributed by atoms with van der Waals surface area (Å²) in [6.07, 6.45) is 1.49. The van der Waals surface area contributed by atoms with Crippen LogP contribution in [0.15, 0.2) is 18.3 Å². The van der Waals surface area contributed by atoms with Gasteiger partial charge in [0.2, 0.25) is 0 Å². The van der Waals surface area contributed by atoms with Crippen LogP contribution in [0.3, 0.4) is 0 Å². The normalized spacial score (nSPS) is 9.88. The average Bonchev–Trinajstić information content (AvgIpc) is 2.30. The fraction of sp³-hybridized carbons (Fsp3) is 0.455. The van der Waals surface area contributed by atoms with Gasteiger partial charge in [0.25, 0.3) is 0 Å². The summed E-state index contributed by atoms with van der Waals surface area (Å²) in [5.74, 6) is 0.177. The van der Waals surface area contributed by atoms with Crippen LogP contribution in [0.1, 0.15) is 17.4 Å². The molecule has 5 nitrogen and oxygen atoms in total. The van der Waals surface area contributed by atoms with Crippen molar-refractivity contribution in [1.82, 2.24) is 4.98 Å². The molecule has 88 valence electrons. The third-order valence-electron chi connectivity index (χ3n) is 1.78. The molecule has 0 fully saturated rings. The largest absolute Gasteiger partial charge is 0.490 e. The van der Waals surface area contributed by atoms with Crippen molar-refractivity contribution in [3.05, 3.63) is 24.0 Å². The second-order valence-corrected chi connectivity index (χ2v) is 2.94. The summed E-state index contributed by atoms with van der Waals surface area (Å²) in [5, 5.41) is 0. The molecule has 0 aliphatic carbocycles. The van der Waals surface area contributed by atoms with Crippen molar-refractivity contribution >= 4 is 5.97 Å². The Bertz CT molecular complexity index is 323. The zero-order chi connectivity index (χ0) is 11.8. The number of hydrogen-bond acceptors (Lipinski definition) is 5. The van der Waals surface area contributed by atoms with Crippen LogP contribution < -0.4 is 4.74 Å². The summed E-state index contributed by atoms with van der Waals surface area (Å²) in [4.78, 5) is 15.2. The summed E-state index contributed by atoms with van der Waals surface area (Å²) >= 11 is 0. The van der Waals surface area contributed by atoms with Gasteiger partial charge in [0.1, 0.15) is 18.1 Å². The highest BCUT2D eigenvalue weighted by Gasteiger charge is 2.07. The van der Waals surface area contributed by atoms with E-state index in [1.807, 2.05) is 0 Å². The van der Waals surface area contributed by atoms with Crippen molar-refractivity contribution in [3.8, 4) is 5.75 Å². The Morgan fingerprint density at radius 3 is 2.75 bits per heavy atom. The minimum absolute atomic E-state index is 0.279. The van der Waals surface area contributed by atoms with Crippen molar-refractivity contribution in [2.24, 2.45) is 0 Å². The van der Waals surface area contributed by atoms with Gasteiger partial charge in [0, 0.05) is 7.11 Å². The van der Waals surface area contributed by atoms with Crippen LogP contribution in [0.2, 0.25) is 0 Å². The molecule has 0 amide bonds. The first-order valence-electron chi connectivity index (χ1n) is 5.02. The summed E-state index contributed by atoms with van der Waals surface area (Å²) in [6.45, 7) is 3.06. The molecule has 0 saturated carbocycles. The van der Waals surface area contributed by atoms with Crippen molar-refractivity contribution in [2.75, 3.05) is 26.9 Å². The number of carbonyl (C=O) groups is 1. The maximum Gasteiger partial charge on any atom is 0.356 e. The average molecular weight is 225 g/mol. The van der Waals surface area contributed by atoms with Crippen molar-refractivity contribution < 1.29 is 19.0 Å². The first-order valence-corrected chi connectivity index (χ1v) is 5.02. The molecule has 0 radical (unpaired) electrons. The second kappa shape index (κ2) is 6.79. The summed E-state index contributed by atoms with van der Waals surface area (Å²) < 4.78 is 14.9. The minimum atomic E-state index is -0.425. The number of carbonyl (C=O) groups excluding carboxylic acids is 1. The van der Waals surface area contributed by atoms with E-state index in [1.165, 1.54) is 6.20 Å². The number of pyridine rings is 1. The first-order chi connectivity index (χ1) is 7.77. The molecule has 0 atom stereocenters. The van der Waals surface area contributed by atoms with E-state index in [4.69, 9.17) is 14.2 Å². The van der Waals surface area contributed by atoms with E-state index in [2.05, 4.69) is 4.98 Å². The van der Waals surface area contributed by atoms with Gasteiger partial charge < -0.3 is 14.2 Å². The van der Waals surface area contributed by atoms with E-state index >= 15 is 0 Å². The Hall–Kier alpha value is -1.62. The third kappa shape index (κ3) is 3.86. The van der Waals surface area contributed by atoms with E-state index < -0.39 is 5.97 Å². The Labute approximate surface area is 94.3 Å². The van der Waals surface area contributed by atoms with E-state index in [1.54, 1.807) is 26.2 Å². The molecule has 1 rings (SSSR count). The van der Waals surface area contributed by atoms with Crippen LogP contribution in [-0.2, 0) is 9.47 Å². The number of esters is 1. The second-order valence-electron chi connectivity index (χ2n) is 2.94. The molecule has 1 aromatic rings. The van der Waals surface area contributed by atoms with Crippen molar-refractivity contribution in [2.45, 2.75) is 6.92 Å². The lowest BCUT2D eigenvalue weighted by Gasteiger charge is -2.05. The van der Waals surface area contributed by atoms with Gasteiger partial charge in [-0.15, -0.1) is 0 Å². The molecule has 0 aliphatic rings. The van der Waals surface area contributed by atoms with E-state index in [9.17, 15) is 4.79 Å². The SMILES string of the molecule is CCOC(=O)c1ccc(OCCOC)cn1. The van der Waals surface area contributed by atoms with Gasteiger partial charge in [-0.3, -0.25) is 0 Å². The van der Waals surface area contributed by atoms with E-state index in [-0.39, 0.29) is 5.69 Å². The van der Waals surface area contributed by atoms with Crippen LogP contribution in [0.25, 0.3) is 0 Å². The van der Waals surface area contributed by atoms with Crippen LogP contribution in [0, 0.1) is 0 Å². The molecule has 16 heavy (non-hydrogen) atoms. The molecule has 0 N–H and O–H groups in total. The summed E-state index contributed by atoms with van der Waals surface area (Å²) in [7, 11) is 1.60. The van der Waals surface area contributed by atoms with Gasteiger partial charge in [-0.2, -0.15) is 0 Å². The quantitative estimate of drug-likeness (QED) is 0.539. The molecule has 0 aromatic carbocycles. The number of methoxy groups -OCH3 is 1. The number of rotatable bonds is 6. The molecular weight excluding hydrogens is 210 g/mol. The smallest absolute Gasteiger partial charge is 0.356 e. The summed E-state index contributed by atoms with van der Waals surface area (Å²) in [6, 6.07) is 3.25. The van der Waals surface area contributed by atoms with Crippen LogP contribution >= 0.6 is 0 Å². The number of aromatic nitrogens is 1. The Balaban J connectivity index is 2.50. The molecule has 0 saturated heterocycles. The lowest BCUT2D eigenvalue weighted by Crippen LogP contribution is -2.08. The topological polar surface area (TPSA) is 57.7 Å². The molecule has 1 aromatic heterocycles. The predicted octanol–water partition coefficient (Wildman–Crippen LogP) is 1.28. The first kappa shape index (κ1) is 12.4. The van der Waals surface area contributed by atoms with Crippen LogP contribution in [0.4, 0.5) is 0 Å². The maximum atomic E-state index is 11.3. The lowest BCUT2D eigenvalue weighted by atomic mass is 10.3. The Morgan fingerprint density at radius 2 is 2.19 bits per heavy atom. The van der Waals surface area contributed by atoms with Crippen LogP contribution in [-0.4, -0.2) is 37.9 Å². The van der Waals surface area contributed by atoms with Gasteiger partial charge in [0.15, 0.2) is 0 Å². The fourth-order valence-electron chi connectivity index (χ4n) is 1.03. The van der Waals surface area contributed by atoms with Gasteiger partial charge in [0.05, 0.1) is 19.4 Å². The number of ether oxygens (including phenoxy) is 3. The Morgan fingerprint density at radius 1 is 1.38 bits per heavy atom. The molecule has 0 aliphatic heterocycles. The minimum Gasteiger partial charge on any atom is -0.490 e. The third-order valence-corrected chi connectivity index (χ3v) is 1.78. The van der Waals surface area contributed by atoms with Gasteiger partial charge in [-0.1, -0.05) is 0 Å². The lowest BCUT2D eigenvalue weighted by molar-refractivity contribution is 0.0519. The molecule has 1 heterocycles. The number of nitrogens with zero attached hydrogens (tertiary/aromatic N) is 1. The zero-order valence-corrected chi connectivity index (χ0v) is 9.43. The van der Waals surface area contributed by atoms with Crippen molar-refractivity contribution in [1.29, 1.82) is 0 Å². The molecular formula is C11H15NO4. The maximum absolute atomic E-state index is 11.3. The van der Waals surface area contributed by atoms with Crippen molar-refractivity contribution in [3.63, 3.8) is 0 Å². The molecule has 0 unspecified atom stereocenters.